The van der Waals surface area contributed by atoms with E-state index in [4.69, 9.17) is 0 Å². The van der Waals surface area contributed by atoms with Gasteiger partial charge in [-0.2, -0.15) is 0 Å². The first-order valence-corrected chi connectivity index (χ1v) is 4.90. The zero-order chi connectivity index (χ0) is 11.1. The van der Waals surface area contributed by atoms with Gasteiger partial charge in [0.2, 0.25) is 5.56 Å². The second kappa shape index (κ2) is 5.39. The SMILES string of the molecule is O=c1ccc2c(n1C[B-](F)(F)F)CCC2.[K+]. The molecule has 0 atom stereocenters. The van der Waals surface area contributed by atoms with Crippen molar-refractivity contribution in [3.8, 4) is 0 Å². The summed E-state index contributed by atoms with van der Waals surface area (Å²) in [5, 5.41) is 0. The van der Waals surface area contributed by atoms with Crippen molar-refractivity contribution in [3.63, 3.8) is 0 Å². The van der Waals surface area contributed by atoms with Crippen molar-refractivity contribution in [1.82, 2.24) is 4.57 Å². The van der Waals surface area contributed by atoms with Crippen LogP contribution in [0, 0.1) is 0 Å². The van der Waals surface area contributed by atoms with Gasteiger partial charge in [-0.1, -0.05) is 6.07 Å². The van der Waals surface area contributed by atoms with E-state index >= 15 is 0 Å². The van der Waals surface area contributed by atoms with E-state index in [2.05, 4.69) is 0 Å². The number of fused-ring (bicyclic) bond motifs is 1. The molecule has 0 amide bonds. The Morgan fingerprint density at radius 1 is 1.25 bits per heavy atom. The van der Waals surface area contributed by atoms with Crippen LogP contribution in [0.5, 0.6) is 0 Å². The number of aromatic nitrogens is 1. The van der Waals surface area contributed by atoms with Crippen LogP contribution >= 0.6 is 0 Å². The fraction of sp³-hybridized carbons (Fsp3) is 0.444. The van der Waals surface area contributed by atoms with Gasteiger partial charge < -0.3 is 17.5 Å². The van der Waals surface area contributed by atoms with Gasteiger partial charge in [0.1, 0.15) is 0 Å². The minimum absolute atomic E-state index is 0. The third-order valence-electron chi connectivity index (χ3n) is 2.64. The Balaban J connectivity index is 0.00000128. The van der Waals surface area contributed by atoms with Crippen LogP contribution in [-0.2, 0) is 19.3 Å². The Morgan fingerprint density at radius 2 is 1.94 bits per heavy atom. The average Bonchev–Trinajstić information content (AvgIpc) is 2.56. The standard InChI is InChI=1S/C9H10BF3NO.K/c11-10(12,13)6-14-8-3-1-2-7(8)4-5-9(14)15;/h4-5H,1-3,6H2;/q-1;+1. The van der Waals surface area contributed by atoms with Gasteiger partial charge >= 0.3 is 58.4 Å². The first-order valence-electron chi connectivity index (χ1n) is 4.90. The molecule has 7 heteroatoms. The van der Waals surface area contributed by atoms with E-state index in [1.165, 1.54) is 6.07 Å². The van der Waals surface area contributed by atoms with E-state index in [1.54, 1.807) is 6.07 Å². The molecular weight excluding hydrogens is 245 g/mol. The molecule has 0 spiro atoms. The summed E-state index contributed by atoms with van der Waals surface area (Å²) in [4.78, 5) is 11.3. The minimum atomic E-state index is -4.95. The number of aryl methyl sites for hydroxylation is 1. The van der Waals surface area contributed by atoms with Gasteiger partial charge in [-0.25, -0.2) is 0 Å². The number of hydrogen-bond acceptors (Lipinski definition) is 1. The van der Waals surface area contributed by atoms with Crippen molar-refractivity contribution in [2.75, 3.05) is 0 Å². The Labute approximate surface area is 134 Å². The normalized spacial score (nSPS) is 14.4. The van der Waals surface area contributed by atoms with E-state index < -0.39 is 19.0 Å². The average molecular weight is 255 g/mol. The molecule has 2 rings (SSSR count). The van der Waals surface area contributed by atoms with E-state index in [0.717, 1.165) is 23.0 Å². The van der Waals surface area contributed by atoms with Crippen molar-refractivity contribution in [2.24, 2.45) is 0 Å². The molecule has 0 aromatic carbocycles. The molecule has 0 radical (unpaired) electrons. The van der Waals surface area contributed by atoms with Gasteiger partial charge in [0.15, 0.2) is 0 Å². The first kappa shape index (κ1) is 14.5. The fourth-order valence-corrected chi connectivity index (χ4v) is 2.04. The zero-order valence-electron chi connectivity index (χ0n) is 9.05. The summed E-state index contributed by atoms with van der Waals surface area (Å²) in [6.07, 6.45) is 1.09. The summed E-state index contributed by atoms with van der Waals surface area (Å²) >= 11 is 0. The van der Waals surface area contributed by atoms with Gasteiger partial charge in [-0.15, -0.1) is 0 Å². The van der Waals surface area contributed by atoms with E-state index in [0.29, 0.717) is 12.1 Å². The second-order valence-electron chi connectivity index (χ2n) is 3.82. The molecule has 0 aliphatic heterocycles. The largest absolute Gasteiger partial charge is 1.00 e. The van der Waals surface area contributed by atoms with Gasteiger partial charge in [-0.05, 0) is 31.3 Å². The van der Waals surface area contributed by atoms with Gasteiger partial charge in [0, 0.05) is 11.8 Å². The number of pyridine rings is 1. The maximum absolute atomic E-state index is 12.3. The molecule has 1 aromatic heterocycles. The summed E-state index contributed by atoms with van der Waals surface area (Å²) in [7, 11) is 0. The Kier molecular flexibility index (Phi) is 4.89. The molecule has 82 valence electrons. The molecular formula is C9H10BF3KNO. The first-order chi connectivity index (χ1) is 6.97. The van der Waals surface area contributed by atoms with Gasteiger partial charge in [0.25, 0.3) is 0 Å². The Morgan fingerprint density at radius 3 is 2.56 bits per heavy atom. The third kappa shape index (κ3) is 3.23. The molecule has 0 unspecified atom stereocenters. The summed E-state index contributed by atoms with van der Waals surface area (Å²) in [5.41, 5.74) is 0.909. The minimum Gasteiger partial charge on any atom is -0.448 e. The number of halogens is 3. The zero-order valence-corrected chi connectivity index (χ0v) is 12.2. The van der Waals surface area contributed by atoms with Gasteiger partial charge in [0.05, 0.1) is 0 Å². The molecule has 1 aliphatic rings. The van der Waals surface area contributed by atoms with Crippen LogP contribution in [0.1, 0.15) is 17.7 Å². The molecule has 0 fully saturated rings. The van der Waals surface area contributed by atoms with Crippen LogP contribution in [0.2, 0.25) is 0 Å². The monoisotopic (exact) mass is 255 g/mol. The van der Waals surface area contributed by atoms with Crippen LogP contribution in [0.15, 0.2) is 16.9 Å². The molecule has 2 nitrogen and oxygen atoms in total. The van der Waals surface area contributed by atoms with Crippen LogP contribution in [-0.4, -0.2) is 11.5 Å². The maximum atomic E-state index is 12.3. The van der Waals surface area contributed by atoms with Crippen molar-refractivity contribution in [3.05, 3.63) is 33.7 Å². The number of nitrogens with zero attached hydrogens (tertiary/aromatic N) is 1. The van der Waals surface area contributed by atoms with Crippen molar-refractivity contribution in [1.29, 1.82) is 0 Å². The second-order valence-corrected chi connectivity index (χ2v) is 3.82. The predicted molar refractivity (Wildman–Crippen MR) is 51.8 cm³/mol. The van der Waals surface area contributed by atoms with Crippen molar-refractivity contribution in [2.45, 2.75) is 25.7 Å². The summed E-state index contributed by atoms with van der Waals surface area (Å²) in [5.74, 6) is 0. The predicted octanol–water partition coefficient (Wildman–Crippen LogP) is -1.27. The van der Waals surface area contributed by atoms with Crippen molar-refractivity contribution < 1.29 is 64.3 Å². The Bertz CT molecular complexity index is 443. The number of hydrogen-bond donors (Lipinski definition) is 0. The maximum Gasteiger partial charge on any atom is 1.00 e. The topological polar surface area (TPSA) is 22.0 Å². The molecule has 1 aromatic rings. The molecule has 16 heavy (non-hydrogen) atoms. The van der Waals surface area contributed by atoms with Crippen LogP contribution in [0.3, 0.4) is 0 Å². The number of rotatable bonds is 2. The Hall–Kier alpha value is 0.441. The molecule has 0 saturated heterocycles. The van der Waals surface area contributed by atoms with Crippen LogP contribution < -0.4 is 56.9 Å². The summed E-state index contributed by atoms with van der Waals surface area (Å²) < 4.78 is 37.8. The van der Waals surface area contributed by atoms with Gasteiger partial charge in [-0.3, -0.25) is 4.79 Å². The van der Waals surface area contributed by atoms with E-state index in [1.807, 2.05) is 0 Å². The molecule has 0 bridgehead atoms. The third-order valence-corrected chi connectivity index (χ3v) is 2.64. The fourth-order valence-electron chi connectivity index (χ4n) is 2.04. The quantitative estimate of drug-likeness (QED) is 0.604. The van der Waals surface area contributed by atoms with Crippen molar-refractivity contribution >= 4 is 6.98 Å². The van der Waals surface area contributed by atoms with E-state index in [9.17, 15) is 17.7 Å². The molecule has 0 saturated carbocycles. The van der Waals surface area contributed by atoms with Crippen LogP contribution in [0.4, 0.5) is 12.9 Å². The summed E-state index contributed by atoms with van der Waals surface area (Å²) in [6, 6.07) is 2.87. The summed E-state index contributed by atoms with van der Waals surface area (Å²) in [6.45, 7) is -4.95. The molecule has 0 N–H and O–H groups in total. The van der Waals surface area contributed by atoms with E-state index in [-0.39, 0.29) is 51.4 Å². The van der Waals surface area contributed by atoms with Crippen LogP contribution in [0.25, 0.3) is 0 Å². The molecule has 1 heterocycles. The smallest absolute Gasteiger partial charge is 0.448 e. The molecule has 1 aliphatic carbocycles.